The van der Waals surface area contributed by atoms with Crippen molar-refractivity contribution in [1.29, 1.82) is 0 Å². The minimum Gasteiger partial charge on any atom is -0.394 e. The third kappa shape index (κ3) is 5.70. The fourth-order valence-corrected chi connectivity index (χ4v) is 3.38. The van der Waals surface area contributed by atoms with Crippen molar-refractivity contribution in [2.75, 3.05) is 6.61 Å². The molecule has 2 aromatic carbocycles. The summed E-state index contributed by atoms with van der Waals surface area (Å²) in [5.74, 6) is 0. The number of hydrogen-bond donors (Lipinski definition) is 6. The molecule has 0 heterocycles. The standard InChI is InChI=1S/C22H27O7/c23-13-17(25)18(26)19(27)20(28)21(29)22(14-24,11-15-7-3-1-4-8-15)12-16-9-5-2-6-10-16/h1-10,17-21,23,25-29H,11-13H2/t17-,18-,19+,20-,21?/m1/s1. The molecule has 0 bridgehead atoms. The molecule has 0 spiro atoms. The van der Waals surface area contributed by atoms with Gasteiger partial charge in [0.15, 0.2) is 0 Å². The first kappa shape index (κ1) is 23.2. The second kappa shape index (κ2) is 10.6. The van der Waals surface area contributed by atoms with E-state index in [1.807, 2.05) is 6.29 Å². The van der Waals surface area contributed by atoms with Gasteiger partial charge in [0.05, 0.1) is 18.1 Å². The number of rotatable bonds is 11. The first-order valence-corrected chi connectivity index (χ1v) is 9.33. The number of benzene rings is 2. The van der Waals surface area contributed by atoms with E-state index in [0.717, 1.165) is 0 Å². The highest BCUT2D eigenvalue weighted by Crippen LogP contribution is 2.33. The molecule has 2 rings (SSSR count). The first-order valence-electron chi connectivity index (χ1n) is 9.33. The van der Waals surface area contributed by atoms with E-state index in [4.69, 9.17) is 5.11 Å². The number of aliphatic hydroxyl groups is 6. The molecule has 0 aromatic heterocycles. The highest BCUT2D eigenvalue weighted by molar-refractivity contribution is 5.63. The molecule has 7 heteroatoms. The van der Waals surface area contributed by atoms with E-state index in [9.17, 15) is 30.3 Å². The zero-order valence-corrected chi connectivity index (χ0v) is 15.9. The third-order valence-corrected chi connectivity index (χ3v) is 5.10. The van der Waals surface area contributed by atoms with Crippen LogP contribution in [0.3, 0.4) is 0 Å². The van der Waals surface area contributed by atoms with Crippen LogP contribution in [0.25, 0.3) is 0 Å². The molecular formula is C22H27O7. The Kier molecular flexibility index (Phi) is 8.45. The summed E-state index contributed by atoms with van der Waals surface area (Å²) in [7, 11) is 0. The van der Waals surface area contributed by atoms with Crippen molar-refractivity contribution in [2.24, 2.45) is 5.41 Å². The Bertz CT molecular complexity index is 696. The summed E-state index contributed by atoms with van der Waals surface area (Å²) in [6.07, 6.45) is -7.49. The van der Waals surface area contributed by atoms with E-state index < -0.39 is 42.5 Å². The van der Waals surface area contributed by atoms with E-state index in [2.05, 4.69) is 0 Å². The van der Waals surface area contributed by atoms with Crippen LogP contribution in [0.2, 0.25) is 0 Å². The Hall–Kier alpha value is -2.13. The van der Waals surface area contributed by atoms with Crippen LogP contribution in [0.1, 0.15) is 11.1 Å². The van der Waals surface area contributed by atoms with Gasteiger partial charge in [0.2, 0.25) is 6.29 Å². The molecule has 157 valence electrons. The van der Waals surface area contributed by atoms with Crippen LogP contribution < -0.4 is 0 Å². The Morgan fingerprint density at radius 1 is 0.724 bits per heavy atom. The molecule has 0 aliphatic carbocycles. The van der Waals surface area contributed by atoms with Gasteiger partial charge in [-0.3, -0.25) is 4.79 Å². The number of carbonyl (C=O) groups excluding carboxylic acids is 1. The Labute approximate surface area is 169 Å². The smallest absolute Gasteiger partial charge is 0.208 e. The zero-order chi connectivity index (χ0) is 21.4. The van der Waals surface area contributed by atoms with Gasteiger partial charge in [0.25, 0.3) is 0 Å². The number of aliphatic hydroxyl groups excluding tert-OH is 6. The second-order valence-electron chi connectivity index (χ2n) is 7.25. The molecule has 0 fully saturated rings. The van der Waals surface area contributed by atoms with Crippen molar-refractivity contribution in [2.45, 2.75) is 43.4 Å². The van der Waals surface area contributed by atoms with Crippen LogP contribution in [0.15, 0.2) is 60.7 Å². The molecule has 0 amide bonds. The fraction of sp³-hybridized carbons (Fsp3) is 0.409. The lowest BCUT2D eigenvalue weighted by Crippen LogP contribution is -2.56. The van der Waals surface area contributed by atoms with Gasteiger partial charge in [-0.05, 0) is 24.0 Å². The highest BCUT2D eigenvalue weighted by atomic mass is 16.4. The Morgan fingerprint density at radius 3 is 1.55 bits per heavy atom. The van der Waals surface area contributed by atoms with Gasteiger partial charge in [-0.2, -0.15) is 0 Å². The summed E-state index contributed by atoms with van der Waals surface area (Å²) in [5, 5.41) is 59.9. The monoisotopic (exact) mass is 403 g/mol. The molecule has 1 radical (unpaired) electrons. The zero-order valence-electron chi connectivity index (χ0n) is 15.9. The molecule has 0 saturated carbocycles. The van der Waals surface area contributed by atoms with E-state index in [1.54, 1.807) is 60.7 Å². The van der Waals surface area contributed by atoms with Crippen molar-refractivity contribution in [3.63, 3.8) is 0 Å². The quantitative estimate of drug-likeness (QED) is 0.294. The van der Waals surface area contributed by atoms with Crippen LogP contribution in [-0.4, -0.2) is 74.1 Å². The molecular weight excluding hydrogens is 376 g/mol. The molecule has 0 aliphatic rings. The maximum absolute atomic E-state index is 12.1. The van der Waals surface area contributed by atoms with Gasteiger partial charge >= 0.3 is 0 Å². The molecule has 2 aromatic rings. The molecule has 0 aliphatic heterocycles. The summed E-state index contributed by atoms with van der Waals surface area (Å²) in [4.78, 5) is 12.1. The Morgan fingerprint density at radius 2 is 1.17 bits per heavy atom. The topological polar surface area (TPSA) is 138 Å². The molecule has 6 N–H and O–H groups in total. The van der Waals surface area contributed by atoms with Crippen molar-refractivity contribution >= 4 is 6.29 Å². The summed E-state index contributed by atoms with van der Waals surface area (Å²) in [6.45, 7) is -0.847. The molecule has 7 nitrogen and oxygen atoms in total. The normalized spacial score (nSPS) is 17.2. The lowest BCUT2D eigenvalue weighted by molar-refractivity contribution is -0.154. The summed E-state index contributed by atoms with van der Waals surface area (Å²) >= 11 is 0. The minimum absolute atomic E-state index is 0.0236. The van der Waals surface area contributed by atoms with Crippen LogP contribution in [0.5, 0.6) is 0 Å². The third-order valence-electron chi connectivity index (χ3n) is 5.10. The highest BCUT2D eigenvalue weighted by Gasteiger charge is 2.47. The van der Waals surface area contributed by atoms with Gasteiger partial charge in [-0.1, -0.05) is 60.7 Å². The maximum atomic E-state index is 12.1. The van der Waals surface area contributed by atoms with Crippen molar-refractivity contribution in [3.05, 3.63) is 71.8 Å². The Balaban J connectivity index is 2.37. The second-order valence-corrected chi connectivity index (χ2v) is 7.25. The predicted molar refractivity (Wildman–Crippen MR) is 106 cm³/mol. The maximum Gasteiger partial charge on any atom is 0.208 e. The van der Waals surface area contributed by atoms with Crippen LogP contribution in [0, 0.1) is 5.41 Å². The van der Waals surface area contributed by atoms with Crippen LogP contribution in [-0.2, 0) is 17.6 Å². The fourth-order valence-electron chi connectivity index (χ4n) is 3.38. The van der Waals surface area contributed by atoms with E-state index in [1.165, 1.54) is 0 Å². The predicted octanol–water partition coefficient (Wildman–Crippen LogP) is -0.635. The average Bonchev–Trinajstić information content (AvgIpc) is 2.77. The largest absolute Gasteiger partial charge is 0.394 e. The lowest BCUT2D eigenvalue weighted by Gasteiger charge is -2.38. The molecule has 29 heavy (non-hydrogen) atoms. The number of hydrogen-bond acceptors (Lipinski definition) is 7. The van der Waals surface area contributed by atoms with Crippen LogP contribution >= 0.6 is 0 Å². The van der Waals surface area contributed by atoms with Crippen molar-refractivity contribution in [1.82, 2.24) is 0 Å². The molecule has 0 saturated heterocycles. The summed E-state index contributed by atoms with van der Waals surface area (Å²) in [5.41, 5.74) is -0.209. The van der Waals surface area contributed by atoms with E-state index >= 15 is 0 Å². The van der Waals surface area contributed by atoms with Crippen molar-refractivity contribution < 1.29 is 35.4 Å². The lowest BCUT2D eigenvalue weighted by atomic mass is 9.70. The molecule has 1 unspecified atom stereocenters. The van der Waals surface area contributed by atoms with Crippen molar-refractivity contribution in [3.8, 4) is 0 Å². The molecule has 5 atom stereocenters. The van der Waals surface area contributed by atoms with Gasteiger partial charge in [-0.25, -0.2) is 0 Å². The van der Waals surface area contributed by atoms with Gasteiger partial charge in [0, 0.05) is 0 Å². The van der Waals surface area contributed by atoms with Crippen LogP contribution in [0.4, 0.5) is 0 Å². The van der Waals surface area contributed by atoms with Gasteiger partial charge in [0.1, 0.15) is 24.4 Å². The minimum atomic E-state index is -1.99. The van der Waals surface area contributed by atoms with Gasteiger partial charge in [-0.15, -0.1) is 0 Å². The van der Waals surface area contributed by atoms with E-state index in [0.29, 0.717) is 11.1 Å². The average molecular weight is 403 g/mol. The summed E-state index contributed by atoms with van der Waals surface area (Å²) < 4.78 is 0. The first-order chi connectivity index (χ1) is 13.8. The van der Waals surface area contributed by atoms with E-state index in [-0.39, 0.29) is 12.8 Å². The SMILES string of the molecule is O=[C]C(Cc1ccccc1)(Cc1ccccc1)C(O)[C@H](O)[C@@H](O)[C@H](O)[C@H](O)CO. The van der Waals surface area contributed by atoms with Gasteiger partial charge < -0.3 is 30.6 Å². The summed E-state index contributed by atoms with van der Waals surface area (Å²) in [6, 6.07) is 17.7.